The van der Waals surface area contributed by atoms with Gasteiger partial charge < -0.3 is 9.88 Å². The molecule has 3 nitrogen and oxygen atoms in total. The van der Waals surface area contributed by atoms with Gasteiger partial charge in [-0.1, -0.05) is 30.7 Å². The zero-order valence-corrected chi connectivity index (χ0v) is 13.2. The SMILES string of the molecule is CCNC(Cn1cnc(C)c1C)c1cc(C)ccc1C. The Morgan fingerprint density at radius 2 is 1.95 bits per heavy atom. The van der Waals surface area contributed by atoms with Crippen molar-refractivity contribution in [1.82, 2.24) is 14.9 Å². The molecule has 0 saturated carbocycles. The van der Waals surface area contributed by atoms with Gasteiger partial charge in [0, 0.05) is 12.2 Å². The van der Waals surface area contributed by atoms with E-state index in [1.807, 2.05) is 6.33 Å². The summed E-state index contributed by atoms with van der Waals surface area (Å²) in [6.07, 6.45) is 1.94. The van der Waals surface area contributed by atoms with Crippen molar-refractivity contribution in [1.29, 1.82) is 0 Å². The predicted octanol–water partition coefficient (Wildman–Crippen LogP) is 3.47. The first-order valence-electron chi connectivity index (χ1n) is 7.31. The average Bonchev–Trinajstić information content (AvgIpc) is 2.73. The number of aromatic nitrogens is 2. The molecular formula is C17H25N3. The maximum atomic E-state index is 4.40. The first-order valence-corrected chi connectivity index (χ1v) is 7.31. The van der Waals surface area contributed by atoms with Crippen LogP contribution >= 0.6 is 0 Å². The van der Waals surface area contributed by atoms with Crippen LogP contribution in [0.5, 0.6) is 0 Å². The monoisotopic (exact) mass is 271 g/mol. The fourth-order valence-corrected chi connectivity index (χ4v) is 2.58. The summed E-state index contributed by atoms with van der Waals surface area (Å²) >= 11 is 0. The third kappa shape index (κ3) is 3.10. The molecule has 108 valence electrons. The van der Waals surface area contributed by atoms with Gasteiger partial charge in [0.2, 0.25) is 0 Å². The van der Waals surface area contributed by atoms with Gasteiger partial charge in [-0.2, -0.15) is 0 Å². The topological polar surface area (TPSA) is 29.9 Å². The van der Waals surface area contributed by atoms with Gasteiger partial charge in [-0.15, -0.1) is 0 Å². The number of benzene rings is 1. The van der Waals surface area contributed by atoms with E-state index < -0.39 is 0 Å². The molecule has 0 bridgehead atoms. The molecule has 0 aliphatic rings. The number of rotatable bonds is 5. The number of aryl methyl sites for hydroxylation is 3. The highest BCUT2D eigenvalue weighted by Crippen LogP contribution is 2.22. The van der Waals surface area contributed by atoms with Crippen LogP contribution in [-0.2, 0) is 6.54 Å². The van der Waals surface area contributed by atoms with Crippen molar-refractivity contribution in [3.63, 3.8) is 0 Å². The third-order valence-corrected chi connectivity index (χ3v) is 3.99. The van der Waals surface area contributed by atoms with Crippen molar-refractivity contribution in [2.24, 2.45) is 0 Å². The van der Waals surface area contributed by atoms with Crippen LogP contribution < -0.4 is 5.32 Å². The van der Waals surface area contributed by atoms with E-state index in [1.165, 1.54) is 22.4 Å². The van der Waals surface area contributed by atoms with Crippen LogP contribution in [0, 0.1) is 27.7 Å². The van der Waals surface area contributed by atoms with Gasteiger partial charge in [0.1, 0.15) is 0 Å². The molecule has 0 aliphatic carbocycles. The van der Waals surface area contributed by atoms with Crippen molar-refractivity contribution < 1.29 is 0 Å². The molecule has 3 heteroatoms. The van der Waals surface area contributed by atoms with Crippen molar-refractivity contribution in [2.45, 2.75) is 47.2 Å². The molecule has 20 heavy (non-hydrogen) atoms. The Hall–Kier alpha value is -1.61. The molecule has 2 rings (SSSR count). The highest BCUT2D eigenvalue weighted by molar-refractivity contribution is 5.33. The van der Waals surface area contributed by atoms with Gasteiger partial charge in [0.15, 0.2) is 0 Å². The number of hydrogen-bond acceptors (Lipinski definition) is 2. The molecule has 0 saturated heterocycles. The lowest BCUT2D eigenvalue weighted by Gasteiger charge is -2.22. The lowest BCUT2D eigenvalue weighted by molar-refractivity contribution is 0.468. The van der Waals surface area contributed by atoms with Gasteiger partial charge in [-0.25, -0.2) is 4.98 Å². The summed E-state index contributed by atoms with van der Waals surface area (Å²) in [5.74, 6) is 0. The Morgan fingerprint density at radius 1 is 1.20 bits per heavy atom. The maximum Gasteiger partial charge on any atom is 0.0952 e. The van der Waals surface area contributed by atoms with Gasteiger partial charge in [0.05, 0.1) is 18.1 Å². The smallest absolute Gasteiger partial charge is 0.0952 e. The minimum Gasteiger partial charge on any atom is -0.333 e. The first-order chi connectivity index (χ1) is 9.52. The van der Waals surface area contributed by atoms with Gasteiger partial charge in [-0.3, -0.25) is 0 Å². The molecule has 0 amide bonds. The van der Waals surface area contributed by atoms with Crippen LogP contribution in [0.25, 0.3) is 0 Å². The average molecular weight is 271 g/mol. The highest BCUT2D eigenvalue weighted by atomic mass is 15.1. The van der Waals surface area contributed by atoms with Crippen LogP contribution in [-0.4, -0.2) is 16.1 Å². The minimum atomic E-state index is 0.326. The standard InChI is InChI=1S/C17H25N3/c1-6-18-17(10-20-11-19-14(4)15(20)5)16-9-12(2)7-8-13(16)3/h7-9,11,17-18H,6,10H2,1-5H3. The minimum absolute atomic E-state index is 0.326. The van der Waals surface area contributed by atoms with Gasteiger partial charge in [0.25, 0.3) is 0 Å². The van der Waals surface area contributed by atoms with E-state index in [0.29, 0.717) is 6.04 Å². The predicted molar refractivity (Wildman–Crippen MR) is 84.0 cm³/mol. The van der Waals surface area contributed by atoms with Crippen molar-refractivity contribution in [3.8, 4) is 0 Å². The summed E-state index contributed by atoms with van der Waals surface area (Å²) in [7, 11) is 0. The molecule has 0 spiro atoms. The van der Waals surface area contributed by atoms with E-state index in [1.54, 1.807) is 0 Å². The van der Waals surface area contributed by atoms with Gasteiger partial charge >= 0.3 is 0 Å². The number of nitrogens with one attached hydrogen (secondary N) is 1. The summed E-state index contributed by atoms with van der Waals surface area (Å²) < 4.78 is 2.24. The highest BCUT2D eigenvalue weighted by Gasteiger charge is 2.15. The van der Waals surface area contributed by atoms with Crippen LogP contribution in [0.15, 0.2) is 24.5 Å². The van der Waals surface area contributed by atoms with E-state index >= 15 is 0 Å². The lowest BCUT2D eigenvalue weighted by Crippen LogP contribution is -2.26. The number of hydrogen-bond donors (Lipinski definition) is 1. The van der Waals surface area contributed by atoms with E-state index in [9.17, 15) is 0 Å². The Labute approximate surface area is 122 Å². The fraction of sp³-hybridized carbons (Fsp3) is 0.471. The summed E-state index contributed by atoms with van der Waals surface area (Å²) in [4.78, 5) is 4.40. The zero-order chi connectivity index (χ0) is 14.7. The number of imidazole rings is 1. The summed E-state index contributed by atoms with van der Waals surface area (Å²) in [6, 6.07) is 7.00. The van der Waals surface area contributed by atoms with Crippen molar-refractivity contribution in [3.05, 3.63) is 52.6 Å². The molecule has 0 fully saturated rings. The second kappa shape index (κ2) is 6.23. The fourth-order valence-electron chi connectivity index (χ4n) is 2.58. The quantitative estimate of drug-likeness (QED) is 0.902. The van der Waals surface area contributed by atoms with E-state index in [-0.39, 0.29) is 0 Å². The Kier molecular flexibility index (Phi) is 4.61. The second-order valence-electron chi connectivity index (χ2n) is 5.54. The van der Waals surface area contributed by atoms with E-state index in [4.69, 9.17) is 0 Å². The largest absolute Gasteiger partial charge is 0.333 e. The third-order valence-electron chi connectivity index (χ3n) is 3.99. The molecule has 0 aliphatic heterocycles. The second-order valence-corrected chi connectivity index (χ2v) is 5.54. The molecule has 1 unspecified atom stereocenters. The van der Waals surface area contributed by atoms with E-state index in [0.717, 1.165) is 18.8 Å². The molecule has 1 atom stereocenters. The zero-order valence-electron chi connectivity index (χ0n) is 13.2. The Bertz CT molecular complexity index is 584. The van der Waals surface area contributed by atoms with Crippen LogP contribution in [0.4, 0.5) is 0 Å². The summed E-state index contributed by atoms with van der Waals surface area (Å²) in [6.45, 7) is 12.6. The maximum absolute atomic E-state index is 4.40. The van der Waals surface area contributed by atoms with Crippen LogP contribution in [0.1, 0.15) is 41.0 Å². The molecule has 1 aromatic carbocycles. The molecule has 1 aromatic heterocycles. The van der Waals surface area contributed by atoms with Crippen LogP contribution in [0.3, 0.4) is 0 Å². The molecule has 0 radical (unpaired) electrons. The molecule has 2 aromatic rings. The van der Waals surface area contributed by atoms with Crippen molar-refractivity contribution in [2.75, 3.05) is 6.54 Å². The Balaban J connectivity index is 2.31. The lowest BCUT2D eigenvalue weighted by atomic mass is 9.98. The molecule has 1 heterocycles. The van der Waals surface area contributed by atoms with E-state index in [2.05, 4.69) is 67.7 Å². The van der Waals surface area contributed by atoms with Crippen LogP contribution in [0.2, 0.25) is 0 Å². The number of likely N-dealkylation sites (N-methyl/N-ethyl adjacent to an activating group) is 1. The molecule has 1 N–H and O–H groups in total. The normalized spacial score (nSPS) is 12.7. The number of nitrogens with zero attached hydrogens (tertiary/aromatic N) is 2. The Morgan fingerprint density at radius 3 is 2.55 bits per heavy atom. The summed E-state index contributed by atoms with van der Waals surface area (Å²) in [5, 5.41) is 3.60. The molecular weight excluding hydrogens is 246 g/mol. The first kappa shape index (κ1) is 14.8. The van der Waals surface area contributed by atoms with Gasteiger partial charge in [-0.05, 0) is 45.4 Å². The van der Waals surface area contributed by atoms with Crippen molar-refractivity contribution >= 4 is 0 Å². The summed E-state index contributed by atoms with van der Waals surface area (Å²) in [5.41, 5.74) is 6.40.